The number of piperidine rings is 1. The van der Waals surface area contributed by atoms with Gasteiger partial charge in [-0.05, 0) is 81.2 Å². The molecule has 3 aliphatic heterocycles. The molecule has 3 atom stereocenters. The molecule has 3 fully saturated rings. The van der Waals surface area contributed by atoms with Gasteiger partial charge in [0.2, 0.25) is 0 Å². The number of likely N-dealkylation sites (tertiary alicyclic amines) is 1. The molecule has 0 spiro atoms. The van der Waals surface area contributed by atoms with Crippen molar-refractivity contribution in [3.05, 3.63) is 42.5 Å². The predicted molar refractivity (Wildman–Crippen MR) is 145 cm³/mol. The maximum absolute atomic E-state index is 14.1. The van der Waals surface area contributed by atoms with Gasteiger partial charge in [0.1, 0.15) is 0 Å². The Morgan fingerprint density at radius 2 is 1.73 bits per heavy atom. The molecule has 202 valence electrons. The molecule has 0 bridgehead atoms. The molecule has 0 unspecified atom stereocenters. The van der Waals surface area contributed by atoms with Crippen LogP contribution in [0.5, 0.6) is 0 Å². The quantitative estimate of drug-likeness (QED) is 0.515. The summed E-state index contributed by atoms with van der Waals surface area (Å²) >= 11 is 0. The summed E-state index contributed by atoms with van der Waals surface area (Å²) in [6, 6.07) is 10.8. The van der Waals surface area contributed by atoms with Crippen LogP contribution in [0.2, 0.25) is 0 Å². The maximum atomic E-state index is 14.1. The minimum atomic E-state index is -4.25. The zero-order valence-electron chi connectivity index (χ0n) is 21.4. The Hall–Kier alpha value is -2.01. The van der Waals surface area contributed by atoms with Crippen molar-refractivity contribution in [1.82, 2.24) is 14.5 Å². The second-order valence-electron chi connectivity index (χ2n) is 10.6. The van der Waals surface area contributed by atoms with E-state index in [1.165, 1.54) is 12.5 Å². The first-order chi connectivity index (χ1) is 17.7. The monoisotopic (exact) mass is 547 g/mol. The van der Waals surface area contributed by atoms with Gasteiger partial charge in [-0.25, -0.2) is 21.1 Å². The maximum Gasteiger partial charge on any atom is 0.266 e. The summed E-state index contributed by atoms with van der Waals surface area (Å²) in [7, 11) is -8.19. The molecule has 3 aliphatic rings. The van der Waals surface area contributed by atoms with Gasteiger partial charge in [0, 0.05) is 0 Å². The lowest BCUT2D eigenvalue weighted by Crippen LogP contribution is -2.57. The minimum absolute atomic E-state index is 0.0139. The number of carbonyl (C=O) groups is 1. The molecule has 10 heteroatoms. The number of nitrogens with zero attached hydrogens (tertiary/aromatic N) is 2. The standard InChI is InChI=1S/C27H37N3O5S2/c1-2-14-27(36(32,33)19-8-18-29-16-6-3-7-17-29)25-24(13-15-28-25)30(26(27)31)37(34,35)23-12-11-21-9-4-5-10-22(21)20-23/h4-5,9-12,20,24-25,28H,2-3,6-8,13-19H2,1H3/t24-,25+,27+/m0/s1. The van der Waals surface area contributed by atoms with Gasteiger partial charge in [-0.1, -0.05) is 50.1 Å². The van der Waals surface area contributed by atoms with Crippen LogP contribution in [0, 0.1) is 0 Å². The zero-order valence-corrected chi connectivity index (χ0v) is 23.1. The van der Waals surface area contributed by atoms with Crippen LogP contribution in [0.25, 0.3) is 10.8 Å². The second-order valence-corrected chi connectivity index (χ2v) is 14.8. The van der Waals surface area contributed by atoms with Crippen LogP contribution in [0.3, 0.4) is 0 Å². The SMILES string of the molecule is CCC[C@]1(S(=O)(=O)CCCN2CCCCC2)C(=O)N(S(=O)(=O)c2ccc3ccccc3c2)[C@H]2CCN[C@H]21. The molecule has 1 amide bonds. The summed E-state index contributed by atoms with van der Waals surface area (Å²) in [5.74, 6) is -0.910. The van der Waals surface area contributed by atoms with Gasteiger partial charge in [-0.2, -0.15) is 0 Å². The smallest absolute Gasteiger partial charge is 0.266 e. The highest BCUT2D eigenvalue weighted by Crippen LogP contribution is 2.45. The van der Waals surface area contributed by atoms with Gasteiger partial charge in [-0.15, -0.1) is 0 Å². The van der Waals surface area contributed by atoms with Crippen molar-refractivity contribution in [2.24, 2.45) is 0 Å². The van der Waals surface area contributed by atoms with Gasteiger partial charge in [0.05, 0.1) is 22.7 Å². The highest BCUT2D eigenvalue weighted by atomic mass is 32.2. The number of hydrogen-bond acceptors (Lipinski definition) is 7. The van der Waals surface area contributed by atoms with E-state index < -0.39 is 42.6 Å². The van der Waals surface area contributed by atoms with E-state index in [-0.39, 0.29) is 17.1 Å². The lowest BCUT2D eigenvalue weighted by Gasteiger charge is -2.32. The second kappa shape index (κ2) is 10.3. The third kappa shape index (κ3) is 4.49. The fourth-order valence-corrected chi connectivity index (χ4v) is 10.7. The first-order valence-electron chi connectivity index (χ1n) is 13.5. The summed E-state index contributed by atoms with van der Waals surface area (Å²) in [5, 5.41) is 4.88. The summed E-state index contributed by atoms with van der Waals surface area (Å²) < 4.78 is 55.1. The van der Waals surface area contributed by atoms with Crippen molar-refractivity contribution in [3.8, 4) is 0 Å². The summed E-state index contributed by atoms with van der Waals surface area (Å²) in [4.78, 5) is 16.4. The van der Waals surface area contributed by atoms with Crippen molar-refractivity contribution in [2.45, 2.75) is 73.6 Å². The van der Waals surface area contributed by atoms with Crippen molar-refractivity contribution < 1.29 is 21.6 Å². The van der Waals surface area contributed by atoms with Gasteiger partial charge in [0.15, 0.2) is 14.6 Å². The van der Waals surface area contributed by atoms with Gasteiger partial charge < -0.3 is 10.2 Å². The molecule has 2 aromatic carbocycles. The Balaban J connectivity index is 1.48. The molecular weight excluding hydrogens is 510 g/mol. The first kappa shape index (κ1) is 26.6. The molecule has 37 heavy (non-hydrogen) atoms. The van der Waals surface area contributed by atoms with E-state index in [9.17, 15) is 21.6 Å². The number of carbonyl (C=O) groups excluding carboxylic acids is 1. The number of sulfonamides is 1. The Kier molecular flexibility index (Phi) is 7.39. The Labute approximate surface area is 220 Å². The average molecular weight is 548 g/mol. The number of fused-ring (bicyclic) bond motifs is 2. The van der Waals surface area contributed by atoms with Crippen molar-refractivity contribution in [1.29, 1.82) is 0 Å². The third-order valence-electron chi connectivity index (χ3n) is 8.35. The van der Waals surface area contributed by atoms with Gasteiger partial charge >= 0.3 is 0 Å². The van der Waals surface area contributed by atoms with Crippen LogP contribution in [0.4, 0.5) is 0 Å². The number of rotatable bonds is 9. The summed E-state index contributed by atoms with van der Waals surface area (Å²) in [5.41, 5.74) is 0. The molecule has 2 aromatic rings. The van der Waals surface area contributed by atoms with Crippen molar-refractivity contribution in [3.63, 3.8) is 0 Å². The molecule has 8 nitrogen and oxygen atoms in total. The third-order valence-corrected chi connectivity index (χ3v) is 12.7. The fraction of sp³-hybridized carbons (Fsp3) is 0.593. The van der Waals surface area contributed by atoms with Crippen molar-refractivity contribution >= 4 is 36.5 Å². The molecular formula is C27H37N3O5S2. The van der Waals surface area contributed by atoms with Crippen molar-refractivity contribution in [2.75, 3.05) is 31.9 Å². The van der Waals surface area contributed by atoms with Gasteiger partial charge in [0.25, 0.3) is 15.9 Å². The molecule has 1 N–H and O–H groups in total. The van der Waals surface area contributed by atoms with E-state index in [4.69, 9.17) is 0 Å². The Morgan fingerprint density at radius 3 is 2.46 bits per heavy atom. The fourth-order valence-electron chi connectivity index (χ4n) is 6.58. The predicted octanol–water partition coefficient (Wildman–Crippen LogP) is 2.93. The molecule has 0 saturated carbocycles. The molecule has 3 heterocycles. The van der Waals surface area contributed by atoms with Gasteiger partial charge in [-0.3, -0.25) is 4.79 Å². The Bertz CT molecular complexity index is 1370. The van der Waals surface area contributed by atoms with E-state index in [0.717, 1.165) is 41.0 Å². The summed E-state index contributed by atoms with van der Waals surface area (Å²) in [6.07, 6.45) is 4.87. The number of benzene rings is 2. The van der Waals surface area contributed by atoms with E-state index in [2.05, 4.69) is 10.2 Å². The van der Waals surface area contributed by atoms with Crippen LogP contribution in [-0.2, 0) is 24.7 Å². The largest absolute Gasteiger partial charge is 0.310 e. The molecule has 5 rings (SSSR count). The van der Waals surface area contributed by atoms with Crippen LogP contribution >= 0.6 is 0 Å². The summed E-state index contributed by atoms with van der Waals surface area (Å²) in [6.45, 7) is 4.95. The first-order valence-corrected chi connectivity index (χ1v) is 16.6. The topological polar surface area (TPSA) is 104 Å². The normalized spacial score (nSPS) is 27.2. The number of nitrogens with one attached hydrogen (secondary N) is 1. The highest BCUT2D eigenvalue weighted by molar-refractivity contribution is 7.94. The highest BCUT2D eigenvalue weighted by Gasteiger charge is 2.69. The minimum Gasteiger partial charge on any atom is -0.310 e. The zero-order chi connectivity index (χ0) is 26.3. The van der Waals surface area contributed by atoms with Crippen LogP contribution in [-0.4, -0.2) is 80.7 Å². The molecule has 0 radical (unpaired) electrons. The average Bonchev–Trinajstić information content (AvgIpc) is 3.45. The van der Waals surface area contributed by atoms with E-state index in [1.807, 2.05) is 31.2 Å². The Morgan fingerprint density at radius 1 is 1.00 bits per heavy atom. The number of hydrogen-bond donors (Lipinski definition) is 1. The van der Waals surface area contributed by atoms with Crippen LogP contribution < -0.4 is 5.32 Å². The van der Waals surface area contributed by atoms with E-state index in [0.29, 0.717) is 32.4 Å². The van der Waals surface area contributed by atoms with Crippen LogP contribution in [0.1, 0.15) is 51.9 Å². The van der Waals surface area contributed by atoms with Crippen LogP contribution in [0.15, 0.2) is 47.4 Å². The van der Waals surface area contributed by atoms with E-state index in [1.54, 1.807) is 12.1 Å². The molecule has 0 aromatic heterocycles. The lowest BCUT2D eigenvalue weighted by molar-refractivity contribution is -0.126. The lowest BCUT2D eigenvalue weighted by atomic mass is 9.94. The number of sulfone groups is 1. The molecule has 3 saturated heterocycles. The van der Waals surface area contributed by atoms with E-state index >= 15 is 0 Å². The number of amides is 1. The molecule has 0 aliphatic carbocycles.